The molecule has 0 spiro atoms. The minimum atomic E-state index is -1.88. The molecule has 2 aromatic carbocycles. The molecule has 4 atom stereocenters. The van der Waals surface area contributed by atoms with E-state index in [1.807, 2.05) is 54.6 Å². The zero-order valence-electron chi connectivity index (χ0n) is 23.8. The van der Waals surface area contributed by atoms with Crippen LogP contribution in [0, 0.1) is 5.92 Å². The van der Waals surface area contributed by atoms with Crippen LogP contribution in [0.3, 0.4) is 0 Å². The van der Waals surface area contributed by atoms with Gasteiger partial charge in [0.15, 0.2) is 6.29 Å². The monoisotopic (exact) mass is 607 g/mol. The first-order chi connectivity index (χ1) is 21.0. The number of hydrogen-bond donors (Lipinski definition) is 6. The van der Waals surface area contributed by atoms with Gasteiger partial charge in [0.2, 0.25) is 12.0 Å². The Bertz CT molecular complexity index is 1560. The molecule has 3 aromatic rings. The normalized spacial score (nSPS) is 17.6. The molecule has 1 fully saturated rings. The molecule has 1 unspecified atom stereocenters. The van der Waals surface area contributed by atoms with Crippen molar-refractivity contribution in [3.8, 4) is 11.1 Å². The summed E-state index contributed by atoms with van der Waals surface area (Å²) in [4.78, 5) is 55.4. The number of aryl methyl sites for hydroxylation is 1. The van der Waals surface area contributed by atoms with Crippen molar-refractivity contribution in [2.75, 3.05) is 11.9 Å². The fraction of sp³-hybridized carbons (Fsp3) is 0.300. The van der Waals surface area contributed by atoms with Gasteiger partial charge in [-0.15, -0.1) is 0 Å². The number of aliphatic hydroxyl groups excluding tert-OH is 1. The summed E-state index contributed by atoms with van der Waals surface area (Å²) < 4.78 is 10.7. The molecule has 14 heteroatoms. The maximum atomic E-state index is 12.8. The van der Waals surface area contributed by atoms with Gasteiger partial charge >= 0.3 is 17.8 Å². The number of aliphatic hydroxyl groups is 2. The van der Waals surface area contributed by atoms with E-state index in [9.17, 15) is 34.5 Å². The summed E-state index contributed by atoms with van der Waals surface area (Å²) in [6.45, 7) is 5.02. The third kappa shape index (κ3) is 7.54. The second-order valence-corrected chi connectivity index (χ2v) is 10.2. The second kappa shape index (κ2) is 14.1. The SMILES string of the molecule is C=C1C(c2cnc(=O)[nH]c2NC(=O)O[C@@H](C(=O)O)[C@H](C)N(N)C(=O)CCc2ccc(-c3ccccc3)cc2)OC[C@H]1C(O)O. The number of benzene rings is 2. The van der Waals surface area contributed by atoms with Gasteiger partial charge in [0.05, 0.1) is 18.6 Å². The number of hydrogen-bond acceptors (Lipinski definition) is 10. The second-order valence-electron chi connectivity index (χ2n) is 10.2. The minimum Gasteiger partial charge on any atom is -0.478 e. The van der Waals surface area contributed by atoms with Crippen LogP contribution in [0.15, 0.2) is 77.7 Å². The standard InChI is InChI=1S/C30H33N5O9/c1-16-22(27(37)38)15-43-24(16)21-14-32-29(41)33-26(21)34-30(42)44-25(28(39)40)17(2)35(31)23(36)13-10-18-8-11-20(12-9-18)19-6-4-3-5-7-19/h3-9,11-12,14,17,22,24-25,27,37-38H,1,10,13,15,31H2,2H3,(H,39,40)(H2,32,33,34,41,42)/t17-,22+,24?,25+/m0/s1. The van der Waals surface area contributed by atoms with Crippen molar-refractivity contribution < 1.29 is 39.2 Å². The molecule has 0 radical (unpaired) electrons. The number of nitrogens with zero attached hydrogens (tertiary/aromatic N) is 2. The van der Waals surface area contributed by atoms with Gasteiger partial charge in [-0.3, -0.25) is 20.1 Å². The predicted octanol–water partition coefficient (Wildman–Crippen LogP) is 1.72. The van der Waals surface area contributed by atoms with Crippen LogP contribution in [-0.4, -0.2) is 73.3 Å². The van der Waals surface area contributed by atoms with Crippen LogP contribution in [0.25, 0.3) is 11.1 Å². The smallest absolute Gasteiger partial charge is 0.413 e. The largest absolute Gasteiger partial charge is 0.478 e. The Morgan fingerprint density at radius 2 is 1.82 bits per heavy atom. The number of amides is 2. The topological polar surface area (TPSA) is 217 Å². The average Bonchev–Trinajstić information content (AvgIpc) is 3.39. The lowest BCUT2D eigenvalue weighted by Gasteiger charge is -2.28. The van der Waals surface area contributed by atoms with Crippen LogP contribution < -0.4 is 16.8 Å². The maximum Gasteiger partial charge on any atom is 0.413 e. The highest BCUT2D eigenvalue weighted by molar-refractivity contribution is 5.87. The van der Waals surface area contributed by atoms with Gasteiger partial charge < -0.3 is 24.8 Å². The van der Waals surface area contributed by atoms with Crippen molar-refractivity contribution in [2.24, 2.45) is 11.8 Å². The summed E-state index contributed by atoms with van der Waals surface area (Å²) in [6, 6.07) is 16.2. The van der Waals surface area contributed by atoms with E-state index in [0.717, 1.165) is 22.9 Å². The number of carboxylic acid groups (broad SMARTS) is 1. The highest BCUT2D eigenvalue weighted by atomic mass is 16.6. The fourth-order valence-corrected chi connectivity index (χ4v) is 4.73. The molecule has 1 aromatic heterocycles. The van der Waals surface area contributed by atoms with E-state index in [2.05, 4.69) is 21.9 Å². The number of nitrogens with two attached hydrogens (primary N) is 1. The highest BCUT2D eigenvalue weighted by Crippen LogP contribution is 2.39. The van der Waals surface area contributed by atoms with Gasteiger partial charge in [-0.05, 0) is 35.6 Å². The molecule has 2 heterocycles. The number of carbonyl (C=O) groups is 3. The average molecular weight is 608 g/mol. The van der Waals surface area contributed by atoms with Crippen molar-refractivity contribution in [2.45, 2.75) is 44.3 Å². The van der Waals surface area contributed by atoms with E-state index in [1.54, 1.807) is 0 Å². The van der Waals surface area contributed by atoms with E-state index in [-0.39, 0.29) is 30.0 Å². The quantitative estimate of drug-likeness (QED) is 0.0606. The Morgan fingerprint density at radius 3 is 2.43 bits per heavy atom. The van der Waals surface area contributed by atoms with Gasteiger partial charge in [0, 0.05) is 18.2 Å². The van der Waals surface area contributed by atoms with Crippen LogP contribution >= 0.6 is 0 Å². The van der Waals surface area contributed by atoms with E-state index in [1.165, 1.54) is 6.92 Å². The zero-order valence-corrected chi connectivity index (χ0v) is 23.8. The van der Waals surface area contributed by atoms with Crippen molar-refractivity contribution in [3.05, 3.63) is 94.6 Å². The number of rotatable bonds is 11. The molecule has 14 nitrogen and oxygen atoms in total. The number of nitrogens with one attached hydrogen (secondary N) is 2. The Labute approximate surface area is 251 Å². The van der Waals surface area contributed by atoms with Crippen LogP contribution in [0.5, 0.6) is 0 Å². The molecule has 0 bridgehead atoms. The van der Waals surface area contributed by atoms with E-state index >= 15 is 0 Å². The van der Waals surface area contributed by atoms with Gasteiger partial charge in [-0.2, -0.15) is 0 Å². The van der Waals surface area contributed by atoms with Crippen LogP contribution in [0.2, 0.25) is 0 Å². The third-order valence-corrected chi connectivity index (χ3v) is 7.30. The molecule has 7 N–H and O–H groups in total. The summed E-state index contributed by atoms with van der Waals surface area (Å²) in [5.74, 6) is 2.76. The number of carbonyl (C=O) groups excluding carboxylic acids is 2. The highest BCUT2D eigenvalue weighted by Gasteiger charge is 2.38. The van der Waals surface area contributed by atoms with Crippen molar-refractivity contribution in [1.29, 1.82) is 0 Å². The number of carboxylic acids is 1. The molecular weight excluding hydrogens is 574 g/mol. The summed E-state index contributed by atoms with van der Waals surface area (Å²) in [6.07, 6.45) is -4.46. The summed E-state index contributed by atoms with van der Waals surface area (Å²) in [5.41, 5.74) is 2.48. The Balaban J connectivity index is 1.38. The summed E-state index contributed by atoms with van der Waals surface area (Å²) in [7, 11) is 0. The number of aromatic nitrogens is 2. The van der Waals surface area contributed by atoms with Crippen molar-refractivity contribution >= 4 is 23.8 Å². The molecule has 2 amide bonds. The molecule has 4 rings (SSSR count). The predicted molar refractivity (Wildman–Crippen MR) is 157 cm³/mol. The molecule has 232 valence electrons. The lowest BCUT2D eigenvalue weighted by Crippen LogP contribution is -2.53. The lowest BCUT2D eigenvalue weighted by atomic mass is 9.96. The van der Waals surface area contributed by atoms with E-state index in [4.69, 9.17) is 15.3 Å². The first-order valence-electron chi connectivity index (χ1n) is 13.6. The van der Waals surface area contributed by atoms with E-state index < -0.39 is 54.1 Å². The van der Waals surface area contributed by atoms with Crippen molar-refractivity contribution in [3.63, 3.8) is 0 Å². The number of H-pyrrole nitrogens is 1. The third-order valence-electron chi connectivity index (χ3n) is 7.30. The van der Waals surface area contributed by atoms with Gasteiger partial charge in [0.1, 0.15) is 11.9 Å². The number of aliphatic carboxylic acids is 1. The first kappa shape index (κ1) is 32.0. The number of ether oxygens (including phenoxy) is 2. The number of aromatic amines is 1. The van der Waals surface area contributed by atoms with Gasteiger partial charge in [0.25, 0.3) is 0 Å². The summed E-state index contributed by atoms with van der Waals surface area (Å²) in [5, 5.41) is 31.8. The Kier molecular flexibility index (Phi) is 10.2. The van der Waals surface area contributed by atoms with Gasteiger partial charge in [-0.1, -0.05) is 61.2 Å². The van der Waals surface area contributed by atoms with Crippen molar-refractivity contribution in [1.82, 2.24) is 15.0 Å². The van der Waals surface area contributed by atoms with Gasteiger partial charge in [-0.25, -0.2) is 25.2 Å². The van der Waals surface area contributed by atoms with Crippen LogP contribution in [0.4, 0.5) is 10.6 Å². The molecule has 1 saturated heterocycles. The first-order valence-corrected chi connectivity index (χ1v) is 13.6. The maximum absolute atomic E-state index is 12.8. The Morgan fingerprint density at radius 1 is 1.16 bits per heavy atom. The van der Waals surface area contributed by atoms with E-state index in [0.29, 0.717) is 11.4 Å². The fourth-order valence-electron chi connectivity index (χ4n) is 4.73. The van der Waals surface area contributed by atoms with Crippen LogP contribution in [-0.2, 0) is 25.5 Å². The minimum absolute atomic E-state index is 0.0273. The lowest BCUT2D eigenvalue weighted by molar-refractivity contribution is -0.152. The van der Waals surface area contributed by atoms with Crippen LogP contribution in [0.1, 0.15) is 30.6 Å². The Hall–Kier alpha value is -4.89. The zero-order chi connectivity index (χ0) is 32.0. The summed E-state index contributed by atoms with van der Waals surface area (Å²) >= 11 is 0. The molecule has 1 aliphatic heterocycles. The molecular formula is C30H33N5O9. The molecule has 0 aliphatic carbocycles. The molecule has 44 heavy (non-hydrogen) atoms. The molecule has 0 saturated carbocycles. The number of anilines is 1. The molecule has 1 aliphatic rings. The number of hydrazine groups is 1.